The topological polar surface area (TPSA) is 96.2 Å². The monoisotopic (exact) mass is 376 g/mol. The summed E-state index contributed by atoms with van der Waals surface area (Å²) in [5.74, 6) is -0.156. The van der Waals surface area contributed by atoms with E-state index < -0.39 is 18.2 Å². The summed E-state index contributed by atoms with van der Waals surface area (Å²) < 4.78 is 11.1. The Morgan fingerprint density at radius 3 is 2.74 bits per heavy atom. The van der Waals surface area contributed by atoms with Crippen LogP contribution in [0, 0.1) is 5.92 Å². The van der Waals surface area contributed by atoms with Crippen molar-refractivity contribution in [2.24, 2.45) is 5.92 Å². The maximum Gasteiger partial charge on any atom is 0.303 e. The molecule has 27 heavy (non-hydrogen) atoms. The van der Waals surface area contributed by atoms with Gasteiger partial charge in [0.2, 0.25) is 0 Å². The third kappa shape index (κ3) is 7.95. The number of benzene rings is 1. The molecule has 4 atom stereocenters. The molecule has 2 rings (SSSR count). The molecule has 1 saturated heterocycles. The Labute approximate surface area is 159 Å². The van der Waals surface area contributed by atoms with E-state index in [4.69, 9.17) is 14.6 Å². The molecule has 0 spiro atoms. The third-order valence-electron chi connectivity index (χ3n) is 4.42. The minimum absolute atomic E-state index is 0.0485. The van der Waals surface area contributed by atoms with Gasteiger partial charge in [-0.1, -0.05) is 42.5 Å². The number of ether oxygens (including phenoxy) is 2. The number of para-hydroxylation sites is 1. The van der Waals surface area contributed by atoms with Crippen molar-refractivity contribution in [1.82, 2.24) is 0 Å². The second-order valence-electron chi connectivity index (χ2n) is 6.59. The second-order valence-corrected chi connectivity index (χ2v) is 6.59. The van der Waals surface area contributed by atoms with Gasteiger partial charge in [0.15, 0.2) is 0 Å². The van der Waals surface area contributed by atoms with E-state index in [0.717, 1.165) is 12.8 Å². The normalized spacial score (nSPS) is 23.9. The summed E-state index contributed by atoms with van der Waals surface area (Å²) in [5, 5.41) is 28.8. The highest BCUT2D eigenvalue weighted by atomic mass is 16.5. The van der Waals surface area contributed by atoms with Gasteiger partial charge in [0.1, 0.15) is 18.5 Å². The third-order valence-corrected chi connectivity index (χ3v) is 4.42. The van der Waals surface area contributed by atoms with Crippen molar-refractivity contribution in [1.29, 1.82) is 0 Å². The van der Waals surface area contributed by atoms with E-state index >= 15 is 0 Å². The maximum absolute atomic E-state index is 10.5. The first-order valence-electron chi connectivity index (χ1n) is 9.27. The van der Waals surface area contributed by atoms with E-state index in [-0.39, 0.29) is 31.7 Å². The lowest BCUT2D eigenvalue weighted by Gasteiger charge is -2.17. The predicted octanol–water partition coefficient (Wildman–Crippen LogP) is 2.56. The van der Waals surface area contributed by atoms with E-state index in [2.05, 4.69) is 0 Å². The summed E-state index contributed by atoms with van der Waals surface area (Å²) in [6.07, 6.45) is 7.78. The van der Waals surface area contributed by atoms with Crippen LogP contribution in [0.1, 0.15) is 25.7 Å². The van der Waals surface area contributed by atoms with Gasteiger partial charge in [0.25, 0.3) is 0 Å². The standard InChI is InChI=1S/C21H28O6/c22-16(14-26-17-8-4-3-5-9-17)12-13-20-18(19(23)15-27-20)10-6-1-2-7-11-21(24)25/h1-5,8-9,12-13,16,18-20,22-23H,6-7,10-11,14-15H2,(H,24,25)/t16-,18-,19-,20+/m0/s1. The molecule has 0 amide bonds. The largest absolute Gasteiger partial charge is 0.491 e. The van der Waals surface area contributed by atoms with E-state index in [9.17, 15) is 15.0 Å². The van der Waals surface area contributed by atoms with Crippen LogP contribution in [0.3, 0.4) is 0 Å². The lowest BCUT2D eigenvalue weighted by atomic mass is 9.93. The van der Waals surface area contributed by atoms with E-state index in [1.54, 1.807) is 12.2 Å². The van der Waals surface area contributed by atoms with Crippen LogP contribution in [0.5, 0.6) is 5.75 Å². The van der Waals surface area contributed by atoms with Gasteiger partial charge in [-0.25, -0.2) is 0 Å². The zero-order valence-electron chi connectivity index (χ0n) is 15.3. The van der Waals surface area contributed by atoms with Crippen molar-refractivity contribution >= 4 is 5.97 Å². The number of aliphatic carboxylic acids is 1. The van der Waals surface area contributed by atoms with Crippen molar-refractivity contribution in [2.75, 3.05) is 13.2 Å². The Morgan fingerprint density at radius 1 is 1.26 bits per heavy atom. The number of allylic oxidation sites excluding steroid dienone is 2. The van der Waals surface area contributed by atoms with Crippen molar-refractivity contribution in [2.45, 2.75) is 44.0 Å². The van der Waals surface area contributed by atoms with Gasteiger partial charge in [-0.2, -0.15) is 0 Å². The molecular weight excluding hydrogens is 348 g/mol. The minimum Gasteiger partial charge on any atom is -0.491 e. The van der Waals surface area contributed by atoms with Crippen molar-refractivity contribution in [3.8, 4) is 5.75 Å². The molecular formula is C21H28O6. The summed E-state index contributed by atoms with van der Waals surface area (Å²) in [7, 11) is 0. The number of hydrogen-bond acceptors (Lipinski definition) is 5. The van der Waals surface area contributed by atoms with Crippen molar-refractivity contribution < 1.29 is 29.6 Å². The summed E-state index contributed by atoms with van der Waals surface area (Å²) >= 11 is 0. The summed E-state index contributed by atoms with van der Waals surface area (Å²) in [4.78, 5) is 10.5. The van der Waals surface area contributed by atoms with Gasteiger partial charge >= 0.3 is 5.97 Å². The van der Waals surface area contributed by atoms with Crippen LogP contribution < -0.4 is 4.74 Å². The fourth-order valence-electron chi connectivity index (χ4n) is 2.95. The van der Waals surface area contributed by atoms with Gasteiger partial charge in [-0.15, -0.1) is 0 Å². The molecule has 0 radical (unpaired) electrons. The van der Waals surface area contributed by atoms with Crippen LogP contribution in [-0.2, 0) is 9.53 Å². The van der Waals surface area contributed by atoms with Crippen LogP contribution in [0.4, 0.5) is 0 Å². The second kappa shape index (κ2) is 11.5. The number of carboxylic acids is 1. The molecule has 0 aromatic heterocycles. The first kappa shape index (κ1) is 21.2. The van der Waals surface area contributed by atoms with Crippen molar-refractivity contribution in [3.63, 3.8) is 0 Å². The first-order chi connectivity index (χ1) is 13.1. The number of carbonyl (C=O) groups is 1. The Kier molecular flexibility index (Phi) is 9.04. The van der Waals surface area contributed by atoms with Crippen LogP contribution in [0.15, 0.2) is 54.6 Å². The molecule has 148 valence electrons. The molecule has 1 aromatic rings. The van der Waals surface area contributed by atoms with Crippen molar-refractivity contribution in [3.05, 3.63) is 54.6 Å². The highest BCUT2D eigenvalue weighted by molar-refractivity contribution is 5.66. The number of carboxylic acid groups (broad SMARTS) is 1. The molecule has 1 aromatic carbocycles. The zero-order valence-corrected chi connectivity index (χ0v) is 15.3. The van der Waals surface area contributed by atoms with Gasteiger partial charge < -0.3 is 24.8 Å². The fourth-order valence-corrected chi connectivity index (χ4v) is 2.95. The zero-order chi connectivity index (χ0) is 19.5. The molecule has 3 N–H and O–H groups in total. The van der Waals surface area contributed by atoms with Gasteiger partial charge in [-0.05, 0) is 31.4 Å². The molecule has 6 nitrogen and oxygen atoms in total. The highest BCUT2D eigenvalue weighted by Crippen LogP contribution is 2.27. The number of aliphatic hydroxyl groups is 2. The van der Waals surface area contributed by atoms with Crippen LogP contribution in [0.25, 0.3) is 0 Å². The first-order valence-corrected chi connectivity index (χ1v) is 9.27. The maximum atomic E-state index is 10.5. The van der Waals surface area contributed by atoms with Gasteiger partial charge in [-0.3, -0.25) is 4.79 Å². The molecule has 6 heteroatoms. The molecule has 1 aliphatic rings. The Balaban J connectivity index is 1.74. The summed E-state index contributed by atoms with van der Waals surface area (Å²) in [5.41, 5.74) is 0. The number of rotatable bonds is 11. The molecule has 0 unspecified atom stereocenters. The Hall–Kier alpha value is -2.15. The highest BCUT2D eigenvalue weighted by Gasteiger charge is 2.33. The fraction of sp³-hybridized carbons (Fsp3) is 0.476. The number of aliphatic hydroxyl groups excluding tert-OH is 2. The predicted molar refractivity (Wildman–Crippen MR) is 102 cm³/mol. The van der Waals surface area contributed by atoms with E-state index in [1.165, 1.54) is 0 Å². The number of hydrogen-bond donors (Lipinski definition) is 3. The van der Waals surface area contributed by atoms with E-state index in [0.29, 0.717) is 12.2 Å². The SMILES string of the molecule is O=C(O)CCC=CCC[C@H]1[C@@H](O)CO[C@@H]1C=C[C@H](O)COc1ccccc1. The lowest BCUT2D eigenvalue weighted by Crippen LogP contribution is -2.23. The molecule has 1 aliphatic heterocycles. The smallest absolute Gasteiger partial charge is 0.303 e. The molecule has 1 heterocycles. The quantitative estimate of drug-likeness (QED) is 0.514. The molecule has 0 aliphatic carbocycles. The van der Waals surface area contributed by atoms with Gasteiger partial charge in [0.05, 0.1) is 18.8 Å². The average molecular weight is 376 g/mol. The van der Waals surface area contributed by atoms with Crippen LogP contribution >= 0.6 is 0 Å². The Morgan fingerprint density at radius 2 is 2.00 bits per heavy atom. The van der Waals surface area contributed by atoms with Gasteiger partial charge in [0, 0.05) is 12.3 Å². The average Bonchev–Trinajstić information content (AvgIpc) is 3.01. The minimum atomic E-state index is -0.806. The Bertz CT molecular complexity index is 612. The lowest BCUT2D eigenvalue weighted by molar-refractivity contribution is -0.136. The molecule has 0 saturated carbocycles. The van der Waals surface area contributed by atoms with Crippen LogP contribution in [-0.4, -0.2) is 52.8 Å². The summed E-state index contributed by atoms with van der Waals surface area (Å²) in [6, 6.07) is 9.28. The summed E-state index contributed by atoms with van der Waals surface area (Å²) in [6.45, 7) is 0.422. The van der Waals surface area contributed by atoms with Crippen LogP contribution in [0.2, 0.25) is 0 Å². The molecule has 0 bridgehead atoms. The molecule has 1 fully saturated rings. The van der Waals surface area contributed by atoms with E-state index in [1.807, 2.05) is 42.5 Å².